The molecule has 1 aliphatic rings. The summed E-state index contributed by atoms with van der Waals surface area (Å²) in [5.74, 6) is 0.343. The lowest BCUT2D eigenvalue weighted by molar-refractivity contribution is -0.116. The first kappa shape index (κ1) is 13.4. The van der Waals surface area contributed by atoms with E-state index in [0.717, 1.165) is 27.2 Å². The van der Waals surface area contributed by atoms with Crippen molar-refractivity contribution in [3.63, 3.8) is 0 Å². The topological polar surface area (TPSA) is 37.3 Å². The molecule has 2 nitrogen and oxygen atoms in total. The van der Waals surface area contributed by atoms with E-state index in [1.54, 1.807) is 0 Å². The SMILES string of the molecule is O=C1CCCC(O)=C1Cc1ccc2ccccc2c1Br. The van der Waals surface area contributed by atoms with E-state index in [1.165, 1.54) is 0 Å². The van der Waals surface area contributed by atoms with Gasteiger partial charge >= 0.3 is 0 Å². The summed E-state index contributed by atoms with van der Waals surface area (Å²) in [5.41, 5.74) is 1.62. The number of hydrogen-bond donors (Lipinski definition) is 1. The molecule has 2 aromatic carbocycles. The maximum Gasteiger partial charge on any atom is 0.162 e. The standard InChI is InChI=1S/C17H15BrO2/c18-17-12(9-8-11-4-1-2-5-13(11)17)10-14-15(19)6-3-7-16(14)20/h1-2,4-5,8-9,19H,3,6-7,10H2. The van der Waals surface area contributed by atoms with Crippen LogP contribution in [0.3, 0.4) is 0 Å². The van der Waals surface area contributed by atoms with E-state index in [9.17, 15) is 9.90 Å². The van der Waals surface area contributed by atoms with Crippen molar-refractivity contribution in [3.8, 4) is 0 Å². The molecule has 1 aliphatic carbocycles. The van der Waals surface area contributed by atoms with Gasteiger partial charge in [-0.2, -0.15) is 0 Å². The molecular formula is C17H15BrO2. The Labute approximate surface area is 126 Å². The van der Waals surface area contributed by atoms with Crippen molar-refractivity contribution in [2.75, 3.05) is 0 Å². The first-order valence-electron chi connectivity index (χ1n) is 6.77. The Balaban J connectivity index is 2.03. The molecule has 0 heterocycles. The van der Waals surface area contributed by atoms with Crippen molar-refractivity contribution in [2.45, 2.75) is 25.7 Å². The Hall–Kier alpha value is -1.61. The summed E-state index contributed by atoms with van der Waals surface area (Å²) < 4.78 is 1.01. The van der Waals surface area contributed by atoms with Gasteiger partial charge in [-0.25, -0.2) is 0 Å². The number of aliphatic hydroxyl groups excluding tert-OH is 1. The molecule has 0 aromatic heterocycles. The first-order valence-corrected chi connectivity index (χ1v) is 7.56. The van der Waals surface area contributed by atoms with Crippen LogP contribution < -0.4 is 0 Å². The van der Waals surface area contributed by atoms with Crippen molar-refractivity contribution < 1.29 is 9.90 Å². The van der Waals surface area contributed by atoms with Crippen molar-refractivity contribution in [1.29, 1.82) is 0 Å². The quantitative estimate of drug-likeness (QED) is 0.865. The fourth-order valence-corrected chi connectivity index (χ4v) is 3.32. The second-order valence-corrected chi connectivity index (χ2v) is 5.93. The molecule has 2 aromatic rings. The van der Waals surface area contributed by atoms with Crippen LogP contribution in [-0.2, 0) is 11.2 Å². The third kappa shape index (κ3) is 2.38. The molecule has 0 bridgehead atoms. The van der Waals surface area contributed by atoms with Gasteiger partial charge in [0.2, 0.25) is 0 Å². The number of allylic oxidation sites excluding steroid dienone is 2. The van der Waals surface area contributed by atoms with Gasteiger partial charge in [-0.3, -0.25) is 4.79 Å². The van der Waals surface area contributed by atoms with Gasteiger partial charge in [-0.1, -0.05) is 36.4 Å². The van der Waals surface area contributed by atoms with Gasteiger partial charge in [0.05, 0.1) is 5.76 Å². The van der Waals surface area contributed by atoms with E-state index in [4.69, 9.17) is 0 Å². The fraction of sp³-hybridized carbons (Fsp3) is 0.235. The molecule has 3 rings (SSSR count). The highest BCUT2D eigenvalue weighted by atomic mass is 79.9. The van der Waals surface area contributed by atoms with Crippen LogP contribution in [0.5, 0.6) is 0 Å². The summed E-state index contributed by atoms with van der Waals surface area (Å²) in [7, 11) is 0. The number of halogens is 1. The van der Waals surface area contributed by atoms with Gasteiger partial charge in [-0.05, 0) is 38.7 Å². The summed E-state index contributed by atoms with van der Waals surface area (Å²) in [5, 5.41) is 12.2. The highest BCUT2D eigenvalue weighted by Gasteiger charge is 2.21. The highest BCUT2D eigenvalue weighted by Crippen LogP contribution is 2.31. The zero-order chi connectivity index (χ0) is 14.1. The lowest BCUT2D eigenvalue weighted by Gasteiger charge is -2.16. The van der Waals surface area contributed by atoms with Crippen molar-refractivity contribution in [1.82, 2.24) is 0 Å². The molecule has 0 spiro atoms. The number of hydrogen-bond acceptors (Lipinski definition) is 2. The number of benzene rings is 2. The highest BCUT2D eigenvalue weighted by molar-refractivity contribution is 9.10. The summed E-state index contributed by atoms with van der Waals surface area (Å²) in [6.45, 7) is 0. The molecule has 0 radical (unpaired) electrons. The predicted octanol–water partition coefficient (Wildman–Crippen LogP) is 4.71. The molecule has 0 saturated carbocycles. The largest absolute Gasteiger partial charge is 0.512 e. The van der Waals surface area contributed by atoms with Gasteiger partial charge < -0.3 is 5.11 Å². The monoisotopic (exact) mass is 330 g/mol. The van der Waals surface area contributed by atoms with Crippen LogP contribution in [0.2, 0.25) is 0 Å². The molecule has 0 fully saturated rings. The van der Waals surface area contributed by atoms with E-state index >= 15 is 0 Å². The number of carbonyl (C=O) groups excluding carboxylic acids is 1. The molecule has 1 N–H and O–H groups in total. The number of ketones is 1. The minimum Gasteiger partial charge on any atom is -0.512 e. The summed E-state index contributed by atoms with van der Waals surface area (Å²) >= 11 is 3.63. The smallest absolute Gasteiger partial charge is 0.162 e. The Morgan fingerprint density at radius 2 is 1.90 bits per heavy atom. The van der Waals surface area contributed by atoms with Crippen molar-refractivity contribution >= 4 is 32.5 Å². The zero-order valence-corrected chi connectivity index (χ0v) is 12.6. The first-order chi connectivity index (χ1) is 9.66. The number of aliphatic hydroxyl groups is 1. The molecule has 0 aliphatic heterocycles. The van der Waals surface area contributed by atoms with Crippen molar-refractivity contribution in [2.24, 2.45) is 0 Å². The van der Waals surface area contributed by atoms with Gasteiger partial charge in [0.15, 0.2) is 5.78 Å². The summed E-state index contributed by atoms with van der Waals surface area (Å²) in [6.07, 6.45) is 2.42. The van der Waals surface area contributed by atoms with Gasteiger partial charge in [0.1, 0.15) is 0 Å². The number of carbonyl (C=O) groups is 1. The van der Waals surface area contributed by atoms with E-state index in [1.807, 2.05) is 18.2 Å². The minimum absolute atomic E-state index is 0.0776. The number of rotatable bonds is 2. The summed E-state index contributed by atoms with van der Waals surface area (Å²) in [4.78, 5) is 12.0. The van der Waals surface area contributed by atoms with Crippen LogP contribution in [0.25, 0.3) is 10.8 Å². The Morgan fingerprint density at radius 3 is 2.70 bits per heavy atom. The summed E-state index contributed by atoms with van der Waals surface area (Å²) in [6, 6.07) is 12.2. The van der Waals surface area contributed by atoms with E-state index < -0.39 is 0 Å². The van der Waals surface area contributed by atoms with Crippen LogP contribution in [0.15, 0.2) is 52.2 Å². The molecule has 0 atom stereocenters. The van der Waals surface area contributed by atoms with Gasteiger partial charge in [-0.15, -0.1) is 0 Å². The van der Waals surface area contributed by atoms with Crippen LogP contribution >= 0.6 is 15.9 Å². The minimum atomic E-state index is 0.0776. The molecule has 0 unspecified atom stereocenters. The van der Waals surface area contributed by atoms with E-state index in [2.05, 4.69) is 34.1 Å². The van der Waals surface area contributed by atoms with Crippen molar-refractivity contribution in [3.05, 3.63) is 57.8 Å². The van der Waals surface area contributed by atoms with Crippen LogP contribution in [0.1, 0.15) is 24.8 Å². The Kier molecular flexibility index (Phi) is 3.62. The average molecular weight is 331 g/mol. The molecule has 3 heteroatoms. The average Bonchev–Trinajstić information content (AvgIpc) is 2.45. The number of fused-ring (bicyclic) bond motifs is 1. The molecule has 102 valence electrons. The predicted molar refractivity (Wildman–Crippen MR) is 83.9 cm³/mol. The van der Waals surface area contributed by atoms with E-state index in [-0.39, 0.29) is 11.5 Å². The lowest BCUT2D eigenvalue weighted by atomic mass is 9.91. The number of Topliss-reactive ketones (excluding diaryl/α,β-unsaturated/α-hetero) is 1. The third-order valence-electron chi connectivity index (χ3n) is 3.81. The molecule has 0 amide bonds. The maximum absolute atomic E-state index is 12.0. The maximum atomic E-state index is 12.0. The molecule has 20 heavy (non-hydrogen) atoms. The molecular weight excluding hydrogens is 316 g/mol. The Morgan fingerprint density at radius 1 is 1.10 bits per heavy atom. The molecule has 0 saturated heterocycles. The Bertz CT molecular complexity index is 716. The second-order valence-electron chi connectivity index (χ2n) is 5.14. The van der Waals surface area contributed by atoms with Crippen LogP contribution in [-0.4, -0.2) is 10.9 Å². The van der Waals surface area contributed by atoms with Crippen LogP contribution in [0.4, 0.5) is 0 Å². The van der Waals surface area contributed by atoms with Gasteiger partial charge in [0.25, 0.3) is 0 Å². The second kappa shape index (κ2) is 5.41. The third-order valence-corrected chi connectivity index (χ3v) is 4.75. The van der Waals surface area contributed by atoms with E-state index in [0.29, 0.717) is 24.8 Å². The lowest BCUT2D eigenvalue weighted by Crippen LogP contribution is -2.13. The fourth-order valence-electron chi connectivity index (χ4n) is 2.69. The zero-order valence-electron chi connectivity index (χ0n) is 11.0. The van der Waals surface area contributed by atoms with Gasteiger partial charge in [0, 0.05) is 29.3 Å². The normalized spacial score (nSPS) is 15.9. The van der Waals surface area contributed by atoms with Crippen LogP contribution in [0, 0.1) is 0 Å².